The zero-order valence-electron chi connectivity index (χ0n) is 13.7. The number of nitrogens with one attached hydrogen (secondary N) is 1. The Hall–Kier alpha value is -2.01. The summed E-state index contributed by atoms with van der Waals surface area (Å²) in [5.74, 6) is 1.52. The fourth-order valence-electron chi connectivity index (χ4n) is 2.14. The van der Waals surface area contributed by atoms with Gasteiger partial charge in [-0.05, 0) is 37.8 Å². The number of hydrogen-bond acceptors (Lipinski definition) is 5. The molecule has 0 saturated heterocycles. The highest BCUT2D eigenvalue weighted by Crippen LogP contribution is 2.24. The minimum Gasteiger partial charge on any atom is -0.396 e. The Labute approximate surface area is 131 Å². The second-order valence-corrected chi connectivity index (χ2v) is 6.34. The number of aryl methyl sites for hydroxylation is 1. The standard InChI is InChI=1S/C17H24N4O/c1-12-13(2)20-16(14-6-5-8-18-10-14)21-15(12)19-11-17(3,4)7-9-22/h5-6,8,10,22H,7,9,11H2,1-4H3,(H,19,20,21). The van der Waals surface area contributed by atoms with Gasteiger partial charge in [-0.15, -0.1) is 0 Å². The minimum atomic E-state index is 0.00844. The molecule has 0 spiro atoms. The minimum absolute atomic E-state index is 0.00844. The summed E-state index contributed by atoms with van der Waals surface area (Å²) < 4.78 is 0. The number of aliphatic hydroxyl groups excluding tert-OH is 1. The summed E-state index contributed by atoms with van der Waals surface area (Å²) in [7, 11) is 0. The Balaban J connectivity index is 2.26. The average Bonchev–Trinajstić information content (AvgIpc) is 2.49. The second kappa shape index (κ2) is 6.83. The van der Waals surface area contributed by atoms with Crippen molar-refractivity contribution in [3.05, 3.63) is 35.8 Å². The van der Waals surface area contributed by atoms with Gasteiger partial charge in [-0.3, -0.25) is 4.98 Å². The van der Waals surface area contributed by atoms with Crippen molar-refractivity contribution in [2.24, 2.45) is 5.41 Å². The zero-order valence-corrected chi connectivity index (χ0v) is 13.7. The van der Waals surface area contributed by atoms with Crippen LogP contribution in [0, 0.1) is 19.3 Å². The maximum atomic E-state index is 9.13. The highest BCUT2D eigenvalue weighted by molar-refractivity contribution is 5.58. The number of hydrogen-bond donors (Lipinski definition) is 2. The molecule has 5 nitrogen and oxygen atoms in total. The lowest BCUT2D eigenvalue weighted by atomic mass is 9.90. The maximum Gasteiger partial charge on any atom is 0.163 e. The fraction of sp³-hybridized carbons (Fsp3) is 0.471. The monoisotopic (exact) mass is 300 g/mol. The number of aromatic nitrogens is 3. The second-order valence-electron chi connectivity index (χ2n) is 6.34. The van der Waals surface area contributed by atoms with E-state index in [1.165, 1.54) is 0 Å². The molecule has 0 fully saturated rings. The average molecular weight is 300 g/mol. The van der Waals surface area contributed by atoms with E-state index >= 15 is 0 Å². The molecule has 118 valence electrons. The van der Waals surface area contributed by atoms with Gasteiger partial charge in [-0.1, -0.05) is 13.8 Å². The van der Waals surface area contributed by atoms with E-state index < -0.39 is 0 Å². The number of nitrogens with zero attached hydrogens (tertiary/aromatic N) is 3. The van der Waals surface area contributed by atoms with Crippen LogP contribution in [0.15, 0.2) is 24.5 Å². The van der Waals surface area contributed by atoms with Crippen LogP contribution >= 0.6 is 0 Å². The van der Waals surface area contributed by atoms with Crippen molar-refractivity contribution in [3.8, 4) is 11.4 Å². The van der Waals surface area contributed by atoms with Crippen LogP contribution in [0.3, 0.4) is 0 Å². The third-order valence-electron chi connectivity index (χ3n) is 3.83. The van der Waals surface area contributed by atoms with E-state index in [2.05, 4.69) is 34.1 Å². The van der Waals surface area contributed by atoms with Crippen molar-refractivity contribution in [3.63, 3.8) is 0 Å². The van der Waals surface area contributed by atoms with E-state index in [1.54, 1.807) is 12.4 Å². The molecule has 2 aromatic heterocycles. The van der Waals surface area contributed by atoms with E-state index in [9.17, 15) is 0 Å². The molecule has 2 heterocycles. The third-order valence-corrected chi connectivity index (χ3v) is 3.83. The predicted molar refractivity (Wildman–Crippen MR) is 88.7 cm³/mol. The van der Waals surface area contributed by atoms with Gasteiger partial charge in [0.25, 0.3) is 0 Å². The summed E-state index contributed by atoms with van der Waals surface area (Å²) in [6.45, 7) is 9.20. The van der Waals surface area contributed by atoms with E-state index in [4.69, 9.17) is 5.11 Å². The third kappa shape index (κ3) is 4.01. The molecule has 0 unspecified atom stereocenters. The van der Waals surface area contributed by atoms with Gasteiger partial charge < -0.3 is 10.4 Å². The van der Waals surface area contributed by atoms with Crippen LogP contribution in [-0.4, -0.2) is 33.2 Å². The van der Waals surface area contributed by atoms with E-state index in [1.807, 2.05) is 26.0 Å². The molecule has 22 heavy (non-hydrogen) atoms. The van der Waals surface area contributed by atoms with Crippen LogP contribution in [0.1, 0.15) is 31.5 Å². The number of anilines is 1. The Bertz CT molecular complexity index is 626. The molecule has 0 amide bonds. The van der Waals surface area contributed by atoms with Crippen molar-refractivity contribution in [2.75, 3.05) is 18.5 Å². The molecule has 0 radical (unpaired) electrons. The molecule has 0 bridgehead atoms. The Morgan fingerprint density at radius 2 is 2.00 bits per heavy atom. The SMILES string of the molecule is Cc1nc(-c2cccnc2)nc(NCC(C)(C)CCO)c1C. The Kier molecular flexibility index (Phi) is 5.08. The summed E-state index contributed by atoms with van der Waals surface area (Å²) in [5, 5.41) is 12.5. The van der Waals surface area contributed by atoms with Crippen molar-refractivity contribution in [1.82, 2.24) is 15.0 Å². The zero-order chi connectivity index (χ0) is 16.2. The van der Waals surface area contributed by atoms with E-state index in [-0.39, 0.29) is 12.0 Å². The number of rotatable bonds is 6. The van der Waals surface area contributed by atoms with Crippen LogP contribution in [0.2, 0.25) is 0 Å². The molecule has 0 aliphatic rings. The van der Waals surface area contributed by atoms with Crippen LogP contribution < -0.4 is 5.32 Å². The highest BCUT2D eigenvalue weighted by Gasteiger charge is 2.18. The Morgan fingerprint density at radius 1 is 1.23 bits per heavy atom. The van der Waals surface area contributed by atoms with Crippen molar-refractivity contribution >= 4 is 5.82 Å². The lowest BCUT2D eigenvalue weighted by Crippen LogP contribution is -2.25. The van der Waals surface area contributed by atoms with Crippen molar-refractivity contribution < 1.29 is 5.11 Å². The lowest BCUT2D eigenvalue weighted by molar-refractivity contribution is 0.220. The largest absolute Gasteiger partial charge is 0.396 e. The number of aliphatic hydroxyl groups is 1. The topological polar surface area (TPSA) is 70.9 Å². The summed E-state index contributed by atoms with van der Waals surface area (Å²) >= 11 is 0. The molecule has 2 rings (SSSR count). The molecule has 0 aromatic carbocycles. The lowest BCUT2D eigenvalue weighted by Gasteiger charge is -2.25. The molecular formula is C17H24N4O. The predicted octanol–water partition coefficient (Wildman–Crippen LogP) is 2.98. The normalized spacial score (nSPS) is 11.5. The molecule has 2 aromatic rings. The fourth-order valence-corrected chi connectivity index (χ4v) is 2.14. The van der Waals surface area contributed by atoms with Gasteiger partial charge in [-0.25, -0.2) is 9.97 Å². The quantitative estimate of drug-likeness (QED) is 0.858. The highest BCUT2D eigenvalue weighted by atomic mass is 16.3. The van der Waals surface area contributed by atoms with E-state index in [0.29, 0.717) is 5.82 Å². The van der Waals surface area contributed by atoms with Gasteiger partial charge in [0.15, 0.2) is 5.82 Å². The Morgan fingerprint density at radius 3 is 2.64 bits per heavy atom. The summed E-state index contributed by atoms with van der Waals surface area (Å²) in [5.41, 5.74) is 2.92. The van der Waals surface area contributed by atoms with E-state index in [0.717, 1.165) is 35.6 Å². The van der Waals surface area contributed by atoms with Gasteiger partial charge in [0, 0.05) is 42.4 Å². The van der Waals surface area contributed by atoms with Crippen LogP contribution in [0.5, 0.6) is 0 Å². The smallest absolute Gasteiger partial charge is 0.163 e. The first-order chi connectivity index (χ1) is 10.4. The maximum absolute atomic E-state index is 9.13. The van der Waals surface area contributed by atoms with Gasteiger partial charge in [-0.2, -0.15) is 0 Å². The van der Waals surface area contributed by atoms with Crippen molar-refractivity contribution in [2.45, 2.75) is 34.1 Å². The summed E-state index contributed by atoms with van der Waals surface area (Å²) in [6, 6.07) is 3.84. The van der Waals surface area contributed by atoms with Gasteiger partial charge in [0.2, 0.25) is 0 Å². The first-order valence-electron chi connectivity index (χ1n) is 7.53. The molecule has 2 N–H and O–H groups in total. The van der Waals surface area contributed by atoms with Gasteiger partial charge >= 0.3 is 0 Å². The molecule has 0 aliphatic heterocycles. The van der Waals surface area contributed by atoms with Crippen molar-refractivity contribution in [1.29, 1.82) is 0 Å². The van der Waals surface area contributed by atoms with Crippen LogP contribution in [-0.2, 0) is 0 Å². The molecule has 0 aliphatic carbocycles. The molecule has 5 heteroatoms. The van der Waals surface area contributed by atoms with Gasteiger partial charge in [0.1, 0.15) is 5.82 Å². The molecule has 0 saturated carbocycles. The van der Waals surface area contributed by atoms with Crippen LogP contribution in [0.25, 0.3) is 11.4 Å². The first kappa shape index (κ1) is 16.4. The number of pyridine rings is 1. The van der Waals surface area contributed by atoms with Gasteiger partial charge in [0.05, 0.1) is 0 Å². The summed E-state index contributed by atoms with van der Waals surface area (Å²) in [4.78, 5) is 13.3. The first-order valence-corrected chi connectivity index (χ1v) is 7.53. The van der Waals surface area contributed by atoms with Crippen LogP contribution in [0.4, 0.5) is 5.82 Å². The molecule has 0 atom stereocenters. The summed E-state index contributed by atoms with van der Waals surface area (Å²) in [6.07, 6.45) is 4.25. The molecular weight excluding hydrogens is 276 g/mol.